The van der Waals surface area contributed by atoms with Crippen molar-refractivity contribution in [1.29, 1.82) is 0 Å². The first kappa shape index (κ1) is 27.7. The van der Waals surface area contributed by atoms with Gasteiger partial charge in [0, 0.05) is 0 Å². The average molecular weight is 529 g/mol. The van der Waals surface area contributed by atoms with Crippen molar-refractivity contribution in [3.63, 3.8) is 0 Å². The Morgan fingerprint density at radius 1 is 1.00 bits per heavy atom. The molecule has 33 heavy (non-hydrogen) atoms. The molecule has 3 rings (SSSR count). The summed E-state index contributed by atoms with van der Waals surface area (Å²) in [7, 11) is 9.53. The summed E-state index contributed by atoms with van der Waals surface area (Å²) in [6.07, 6.45) is 12.5. The Balaban J connectivity index is 0.00000122. The topological polar surface area (TPSA) is 34.0 Å². The number of benzene rings is 1. The number of para-hydroxylation sites is 1. The molecule has 1 heterocycles. The molecule has 0 bridgehead atoms. The third-order valence-corrected chi connectivity index (χ3v) is 5.57. The minimum absolute atomic E-state index is 0.194. The van der Waals surface area contributed by atoms with Gasteiger partial charge in [0.2, 0.25) is 0 Å². The van der Waals surface area contributed by atoms with E-state index in [1.807, 2.05) is 19.9 Å². The standard InChI is InChI=1S/C27H34N2O.2ClH.Fe/c1-18(2)22-12-7-9-14-24(22)28-20(5)26-16-11-17-27(30-26)21(6)29-25-15-10-8-13-23(25)19(3)4;;;/h7-10,12-14,16-19,25H,11,15H2,1-6H3;2*1H;/q;;;+2/p-2. The summed E-state index contributed by atoms with van der Waals surface area (Å²) >= 11 is 0.194. The molecular formula is C27H34Cl2FeN2O. The number of hydrogen-bond acceptors (Lipinski definition) is 3. The maximum atomic E-state index is 6.24. The fourth-order valence-corrected chi connectivity index (χ4v) is 3.87. The van der Waals surface area contributed by atoms with Gasteiger partial charge in [-0.2, -0.15) is 0 Å². The van der Waals surface area contributed by atoms with Crippen molar-refractivity contribution in [2.24, 2.45) is 15.9 Å². The SMILES string of the molecule is CC(=Nc1ccccc1C(C)C)C1=CCC=C(C(C)=NC2CC=CC=C2C(C)C)O1.[Cl][Fe][Cl]. The number of rotatable bonds is 6. The molecule has 0 spiro atoms. The van der Waals surface area contributed by atoms with Gasteiger partial charge >= 0.3 is 33.3 Å². The van der Waals surface area contributed by atoms with E-state index in [2.05, 4.69) is 76.3 Å². The van der Waals surface area contributed by atoms with E-state index < -0.39 is 0 Å². The molecule has 2 aliphatic rings. The van der Waals surface area contributed by atoms with Crippen LogP contribution in [0, 0.1) is 5.92 Å². The monoisotopic (exact) mass is 528 g/mol. The molecule has 1 aliphatic heterocycles. The van der Waals surface area contributed by atoms with E-state index in [0.29, 0.717) is 11.8 Å². The summed E-state index contributed by atoms with van der Waals surface area (Å²) in [4.78, 5) is 9.90. The second kappa shape index (κ2) is 14.0. The quantitative estimate of drug-likeness (QED) is 0.268. The van der Waals surface area contributed by atoms with E-state index in [1.54, 1.807) is 0 Å². The van der Waals surface area contributed by atoms with Crippen LogP contribution in [0.25, 0.3) is 0 Å². The summed E-state index contributed by atoms with van der Waals surface area (Å²) in [6.45, 7) is 12.9. The van der Waals surface area contributed by atoms with Crippen molar-refractivity contribution in [2.75, 3.05) is 0 Å². The Morgan fingerprint density at radius 3 is 2.27 bits per heavy atom. The maximum absolute atomic E-state index is 6.24. The van der Waals surface area contributed by atoms with E-state index in [1.165, 1.54) is 11.1 Å². The molecule has 0 aromatic heterocycles. The molecule has 1 aromatic carbocycles. The van der Waals surface area contributed by atoms with Gasteiger partial charge in [-0.3, -0.25) is 4.99 Å². The van der Waals surface area contributed by atoms with E-state index in [9.17, 15) is 0 Å². The molecule has 0 radical (unpaired) electrons. The van der Waals surface area contributed by atoms with Crippen LogP contribution in [0.15, 0.2) is 81.7 Å². The summed E-state index contributed by atoms with van der Waals surface area (Å²) in [6, 6.07) is 8.52. The molecule has 1 aliphatic carbocycles. The fraction of sp³-hybridized carbons (Fsp3) is 0.407. The Morgan fingerprint density at radius 2 is 1.64 bits per heavy atom. The van der Waals surface area contributed by atoms with Crippen molar-refractivity contribution < 1.29 is 17.9 Å². The second-order valence-electron chi connectivity index (χ2n) is 8.65. The molecule has 1 unspecified atom stereocenters. The van der Waals surface area contributed by atoms with E-state index in [4.69, 9.17) is 34.9 Å². The first-order chi connectivity index (χ1) is 15.8. The number of hydrogen-bond donors (Lipinski definition) is 0. The number of nitrogens with zero attached hydrogens (tertiary/aromatic N) is 2. The Hall–Kier alpha value is -1.58. The number of aliphatic imine (C=N–C) groups is 2. The fourth-order valence-electron chi connectivity index (χ4n) is 3.87. The van der Waals surface area contributed by atoms with E-state index >= 15 is 0 Å². The van der Waals surface area contributed by atoms with Gasteiger partial charge in [0.25, 0.3) is 0 Å². The van der Waals surface area contributed by atoms with Crippen molar-refractivity contribution in [2.45, 2.75) is 66.3 Å². The van der Waals surface area contributed by atoms with Crippen LogP contribution in [0.1, 0.15) is 65.9 Å². The van der Waals surface area contributed by atoms with Gasteiger partial charge in [-0.1, -0.05) is 64.1 Å². The minimum atomic E-state index is 0.194. The van der Waals surface area contributed by atoms with E-state index in [-0.39, 0.29) is 19.2 Å². The molecule has 3 nitrogen and oxygen atoms in total. The van der Waals surface area contributed by atoms with Crippen molar-refractivity contribution in [3.8, 4) is 0 Å². The first-order valence-corrected chi connectivity index (χ1v) is 14.3. The first-order valence-electron chi connectivity index (χ1n) is 11.3. The van der Waals surface area contributed by atoms with Crippen LogP contribution in [0.5, 0.6) is 0 Å². The van der Waals surface area contributed by atoms with Crippen LogP contribution >= 0.6 is 20.2 Å². The van der Waals surface area contributed by atoms with Crippen LogP contribution in [-0.4, -0.2) is 17.5 Å². The number of halogens is 2. The summed E-state index contributed by atoms with van der Waals surface area (Å²) < 4.78 is 6.24. The number of allylic oxidation sites excluding steroid dienone is 6. The zero-order valence-electron chi connectivity index (χ0n) is 20.3. The predicted molar refractivity (Wildman–Crippen MR) is 140 cm³/mol. The van der Waals surface area contributed by atoms with Crippen LogP contribution in [0.3, 0.4) is 0 Å². The molecule has 1 atom stereocenters. The van der Waals surface area contributed by atoms with Crippen molar-refractivity contribution in [1.82, 2.24) is 0 Å². The summed E-state index contributed by atoms with van der Waals surface area (Å²) in [5.74, 6) is 2.58. The van der Waals surface area contributed by atoms with Gasteiger partial charge in [-0.25, -0.2) is 4.99 Å². The second-order valence-corrected chi connectivity index (χ2v) is 10.5. The molecule has 0 amide bonds. The molecule has 180 valence electrons. The third-order valence-electron chi connectivity index (χ3n) is 5.57. The van der Waals surface area contributed by atoms with Crippen LogP contribution in [0.2, 0.25) is 0 Å². The van der Waals surface area contributed by atoms with Gasteiger partial charge in [0.15, 0.2) is 0 Å². The number of ether oxygens (including phenoxy) is 1. The van der Waals surface area contributed by atoms with Gasteiger partial charge in [-0.15, -0.1) is 0 Å². The molecular weight excluding hydrogens is 495 g/mol. The zero-order chi connectivity index (χ0) is 24.4. The van der Waals surface area contributed by atoms with Crippen LogP contribution in [-0.2, 0) is 17.9 Å². The van der Waals surface area contributed by atoms with Crippen LogP contribution < -0.4 is 0 Å². The molecule has 0 N–H and O–H groups in total. The van der Waals surface area contributed by atoms with Gasteiger partial charge in [0.1, 0.15) is 11.5 Å². The Labute approximate surface area is 214 Å². The average Bonchev–Trinajstić information content (AvgIpc) is 2.80. The molecule has 0 fully saturated rings. The Bertz CT molecular complexity index is 988. The molecule has 1 aromatic rings. The van der Waals surface area contributed by atoms with Gasteiger partial charge < -0.3 is 4.74 Å². The summed E-state index contributed by atoms with van der Waals surface area (Å²) in [5.41, 5.74) is 5.48. The zero-order valence-corrected chi connectivity index (χ0v) is 22.9. The molecule has 6 heteroatoms. The predicted octanol–water partition coefficient (Wildman–Crippen LogP) is 8.84. The van der Waals surface area contributed by atoms with Gasteiger partial charge in [-0.05, 0) is 67.9 Å². The van der Waals surface area contributed by atoms with E-state index in [0.717, 1.165) is 41.5 Å². The Kier molecular flexibility index (Phi) is 11.7. The van der Waals surface area contributed by atoms with Gasteiger partial charge in [0.05, 0.1) is 23.2 Å². The normalized spacial score (nSPS) is 19.0. The molecule has 0 saturated heterocycles. The van der Waals surface area contributed by atoms with Crippen molar-refractivity contribution in [3.05, 3.63) is 77.3 Å². The van der Waals surface area contributed by atoms with Crippen molar-refractivity contribution >= 4 is 37.3 Å². The van der Waals surface area contributed by atoms with Crippen LogP contribution in [0.4, 0.5) is 5.69 Å². The molecule has 0 saturated carbocycles. The third kappa shape index (κ3) is 8.30. The summed E-state index contributed by atoms with van der Waals surface area (Å²) in [5, 5.41) is 0.